The van der Waals surface area contributed by atoms with Crippen LogP contribution in [0.1, 0.15) is 35.6 Å². The van der Waals surface area contributed by atoms with E-state index in [0.29, 0.717) is 5.02 Å². The second-order valence-corrected chi connectivity index (χ2v) is 8.13. The molecule has 2 aromatic rings. The normalized spacial score (nSPS) is 21.0. The minimum Gasteiger partial charge on any atom is -0.507 e. The average Bonchev–Trinajstić information content (AvgIpc) is 3.07. The van der Waals surface area contributed by atoms with Gasteiger partial charge in [-0.25, -0.2) is 0 Å². The lowest BCUT2D eigenvalue weighted by molar-refractivity contribution is -0.0180. The molecule has 0 amide bonds. The van der Waals surface area contributed by atoms with Gasteiger partial charge < -0.3 is 9.84 Å². The molecule has 0 spiro atoms. The predicted molar refractivity (Wildman–Crippen MR) is 107 cm³/mol. The highest BCUT2D eigenvalue weighted by Crippen LogP contribution is 2.45. The smallest absolute Gasteiger partial charge is 0.188 e. The summed E-state index contributed by atoms with van der Waals surface area (Å²) < 4.78 is 6.23. The fraction of sp³-hybridized carbons (Fsp3) is 0.350. The molecule has 0 saturated carbocycles. The SMILES string of the molecule is CSCCC1Oc2ccc(Cl)cc2C2CC(c3cc(C)ccc3O)=NN12. The van der Waals surface area contributed by atoms with Gasteiger partial charge in [-0.05, 0) is 49.3 Å². The fourth-order valence-electron chi connectivity index (χ4n) is 3.59. The topological polar surface area (TPSA) is 45.1 Å². The van der Waals surface area contributed by atoms with Gasteiger partial charge in [0.25, 0.3) is 0 Å². The maximum absolute atomic E-state index is 10.3. The van der Waals surface area contributed by atoms with Crippen molar-refractivity contribution in [3.63, 3.8) is 0 Å². The Bertz CT molecular complexity index is 871. The molecule has 2 heterocycles. The number of phenols is 1. The van der Waals surface area contributed by atoms with Gasteiger partial charge >= 0.3 is 0 Å². The number of aromatic hydroxyl groups is 1. The first-order valence-corrected chi connectivity index (χ1v) is 10.4. The van der Waals surface area contributed by atoms with Crippen LogP contribution in [0.2, 0.25) is 5.02 Å². The van der Waals surface area contributed by atoms with Crippen molar-refractivity contribution in [1.82, 2.24) is 5.01 Å². The van der Waals surface area contributed by atoms with E-state index in [-0.39, 0.29) is 18.0 Å². The number of rotatable bonds is 4. The lowest BCUT2D eigenvalue weighted by Crippen LogP contribution is -2.40. The predicted octanol–water partition coefficient (Wildman–Crippen LogP) is 4.98. The molecule has 0 radical (unpaired) electrons. The Morgan fingerprint density at radius 1 is 1.31 bits per heavy atom. The summed E-state index contributed by atoms with van der Waals surface area (Å²) in [6, 6.07) is 11.5. The number of aryl methyl sites for hydroxylation is 1. The van der Waals surface area contributed by atoms with E-state index in [4.69, 9.17) is 21.4 Å². The lowest BCUT2D eigenvalue weighted by atomic mass is 9.95. The van der Waals surface area contributed by atoms with Crippen LogP contribution in [0.25, 0.3) is 0 Å². The molecule has 0 aromatic heterocycles. The van der Waals surface area contributed by atoms with E-state index in [1.54, 1.807) is 17.8 Å². The molecule has 0 aliphatic carbocycles. The van der Waals surface area contributed by atoms with Crippen molar-refractivity contribution in [2.75, 3.05) is 12.0 Å². The summed E-state index contributed by atoms with van der Waals surface area (Å²) in [5, 5.41) is 17.9. The Hall–Kier alpha value is -1.85. The van der Waals surface area contributed by atoms with E-state index >= 15 is 0 Å². The van der Waals surface area contributed by atoms with Crippen LogP contribution in [-0.2, 0) is 0 Å². The average molecular weight is 389 g/mol. The van der Waals surface area contributed by atoms with Crippen molar-refractivity contribution in [3.05, 3.63) is 58.1 Å². The highest BCUT2D eigenvalue weighted by atomic mass is 35.5. The molecule has 0 fully saturated rings. The summed E-state index contributed by atoms with van der Waals surface area (Å²) in [5.74, 6) is 2.14. The van der Waals surface area contributed by atoms with E-state index in [9.17, 15) is 5.11 Å². The first-order valence-electron chi connectivity index (χ1n) is 8.67. The van der Waals surface area contributed by atoms with Crippen molar-refractivity contribution in [3.8, 4) is 11.5 Å². The number of fused-ring (bicyclic) bond motifs is 3. The lowest BCUT2D eigenvalue weighted by Gasteiger charge is -2.38. The van der Waals surface area contributed by atoms with E-state index in [1.165, 1.54) is 0 Å². The molecule has 2 unspecified atom stereocenters. The molecule has 2 aromatic carbocycles. The molecule has 4 rings (SSSR count). The van der Waals surface area contributed by atoms with Crippen molar-refractivity contribution in [2.24, 2.45) is 5.10 Å². The van der Waals surface area contributed by atoms with Gasteiger partial charge in [0, 0.05) is 29.0 Å². The quantitative estimate of drug-likeness (QED) is 0.802. The molecule has 4 nitrogen and oxygen atoms in total. The zero-order valence-electron chi connectivity index (χ0n) is 14.8. The second kappa shape index (κ2) is 7.05. The molecule has 2 atom stereocenters. The number of nitrogens with zero attached hydrogens (tertiary/aromatic N) is 2. The molecule has 0 bridgehead atoms. The molecular weight excluding hydrogens is 368 g/mol. The van der Waals surface area contributed by atoms with Crippen LogP contribution < -0.4 is 4.74 Å². The highest BCUT2D eigenvalue weighted by molar-refractivity contribution is 7.98. The van der Waals surface area contributed by atoms with Gasteiger partial charge in [-0.3, -0.25) is 5.01 Å². The van der Waals surface area contributed by atoms with Crippen LogP contribution in [0.4, 0.5) is 0 Å². The Labute approximate surface area is 162 Å². The van der Waals surface area contributed by atoms with Crippen molar-refractivity contribution in [2.45, 2.75) is 32.0 Å². The van der Waals surface area contributed by atoms with Crippen LogP contribution in [0.15, 0.2) is 41.5 Å². The third-order valence-electron chi connectivity index (χ3n) is 4.86. The molecule has 6 heteroatoms. The third-order valence-corrected chi connectivity index (χ3v) is 5.74. The largest absolute Gasteiger partial charge is 0.507 e. The molecule has 0 saturated heterocycles. The molecule has 136 valence electrons. The van der Waals surface area contributed by atoms with E-state index < -0.39 is 0 Å². The van der Waals surface area contributed by atoms with Gasteiger partial charge in [0.2, 0.25) is 0 Å². The summed E-state index contributed by atoms with van der Waals surface area (Å²) in [7, 11) is 0. The van der Waals surface area contributed by atoms with E-state index in [2.05, 4.69) is 6.26 Å². The molecule has 2 aliphatic heterocycles. The summed E-state index contributed by atoms with van der Waals surface area (Å²) in [6.45, 7) is 2.02. The number of hydrogen-bond acceptors (Lipinski definition) is 5. The van der Waals surface area contributed by atoms with E-state index in [0.717, 1.165) is 46.7 Å². The first-order chi connectivity index (χ1) is 12.6. The van der Waals surface area contributed by atoms with E-state index in [1.807, 2.05) is 42.3 Å². The van der Waals surface area contributed by atoms with Crippen molar-refractivity contribution < 1.29 is 9.84 Å². The maximum atomic E-state index is 10.3. The number of halogens is 1. The van der Waals surface area contributed by atoms with Gasteiger partial charge in [-0.15, -0.1) is 0 Å². The van der Waals surface area contributed by atoms with Gasteiger partial charge in [0.1, 0.15) is 11.5 Å². The first kappa shape index (κ1) is 17.6. The summed E-state index contributed by atoms with van der Waals surface area (Å²) >= 11 is 8.03. The van der Waals surface area contributed by atoms with Gasteiger partial charge in [-0.2, -0.15) is 16.9 Å². The van der Waals surface area contributed by atoms with Gasteiger partial charge in [0.15, 0.2) is 6.23 Å². The van der Waals surface area contributed by atoms with Crippen LogP contribution in [0, 0.1) is 6.92 Å². The number of hydrazone groups is 1. The Balaban J connectivity index is 1.74. The Kier molecular flexibility index (Phi) is 4.76. The monoisotopic (exact) mass is 388 g/mol. The molecule has 2 aliphatic rings. The van der Waals surface area contributed by atoms with Crippen LogP contribution in [-0.4, -0.2) is 34.1 Å². The maximum Gasteiger partial charge on any atom is 0.188 e. The third kappa shape index (κ3) is 3.14. The Morgan fingerprint density at radius 2 is 2.15 bits per heavy atom. The second-order valence-electron chi connectivity index (χ2n) is 6.70. The van der Waals surface area contributed by atoms with Crippen molar-refractivity contribution >= 4 is 29.1 Å². The van der Waals surface area contributed by atoms with Gasteiger partial charge in [-0.1, -0.05) is 23.2 Å². The van der Waals surface area contributed by atoms with Gasteiger partial charge in [0.05, 0.1) is 11.8 Å². The van der Waals surface area contributed by atoms with Crippen LogP contribution in [0.3, 0.4) is 0 Å². The molecule has 26 heavy (non-hydrogen) atoms. The molecule has 1 N–H and O–H groups in total. The number of thioether (sulfide) groups is 1. The fourth-order valence-corrected chi connectivity index (χ4v) is 4.20. The van der Waals surface area contributed by atoms with Crippen molar-refractivity contribution in [1.29, 1.82) is 0 Å². The number of ether oxygens (including phenoxy) is 1. The zero-order valence-corrected chi connectivity index (χ0v) is 16.3. The zero-order chi connectivity index (χ0) is 18.3. The number of hydrogen-bond donors (Lipinski definition) is 1. The standard InChI is InChI=1S/C20H21ClN2O2S/c1-12-3-5-18(24)14(9-12)16-11-17-15-10-13(21)4-6-19(15)25-20(7-8-26-2)23(17)22-16/h3-6,9-10,17,20,24H,7-8,11H2,1-2H3. The minimum absolute atomic E-state index is 0.0826. The summed E-state index contributed by atoms with van der Waals surface area (Å²) in [6.07, 6.45) is 3.60. The summed E-state index contributed by atoms with van der Waals surface area (Å²) in [5.41, 5.74) is 3.85. The summed E-state index contributed by atoms with van der Waals surface area (Å²) in [4.78, 5) is 0. The molecular formula is C20H21ClN2O2S. The minimum atomic E-state index is -0.106. The number of benzene rings is 2. The van der Waals surface area contributed by atoms with Crippen LogP contribution >= 0.6 is 23.4 Å². The van der Waals surface area contributed by atoms with Crippen LogP contribution in [0.5, 0.6) is 11.5 Å². The highest BCUT2D eigenvalue weighted by Gasteiger charge is 2.40. The number of phenolic OH excluding ortho intramolecular Hbond substituents is 1. The Morgan fingerprint density at radius 3 is 2.96 bits per heavy atom.